The first kappa shape index (κ1) is 13.9. The summed E-state index contributed by atoms with van der Waals surface area (Å²) < 4.78 is 13.2. The number of carbonyl (C=O) groups is 2. The monoisotopic (exact) mass is 276 g/mol. The van der Waals surface area contributed by atoms with Crippen molar-refractivity contribution in [3.05, 3.63) is 41.3 Å². The molecule has 0 fully saturated rings. The minimum atomic E-state index is -1.13. The van der Waals surface area contributed by atoms with Gasteiger partial charge in [0.15, 0.2) is 0 Å². The van der Waals surface area contributed by atoms with Gasteiger partial charge in [-0.1, -0.05) is 0 Å². The predicted octanol–water partition coefficient (Wildman–Crippen LogP) is 1.89. The number of fused-ring (bicyclic) bond motifs is 1. The van der Waals surface area contributed by atoms with Crippen LogP contribution >= 0.6 is 0 Å². The summed E-state index contributed by atoms with van der Waals surface area (Å²) in [5, 5.41) is 11.7. The maximum absolute atomic E-state index is 13.2. The number of aromatic nitrogens is 1. The number of pyridine rings is 1. The Hall–Kier alpha value is -2.50. The number of rotatable bonds is 3. The quantitative estimate of drug-likeness (QED) is 0.897. The molecule has 104 valence electrons. The molecule has 6 heteroatoms. The molecule has 0 spiro atoms. The van der Waals surface area contributed by atoms with Gasteiger partial charge >= 0.3 is 5.97 Å². The molecule has 2 rings (SSSR count). The first-order chi connectivity index (χ1) is 9.38. The van der Waals surface area contributed by atoms with Crippen molar-refractivity contribution >= 4 is 22.8 Å². The van der Waals surface area contributed by atoms with E-state index in [1.54, 1.807) is 13.0 Å². The van der Waals surface area contributed by atoms with Crippen LogP contribution in [0, 0.1) is 12.7 Å². The van der Waals surface area contributed by atoms with Crippen LogP contribution in [-0.2, 0) is 4.79 Å². The number of hydrogen-bond donors (Lipinski definition) is 2. The minimum Gasteiger partial charge on any atom is -0.480 e. The predicted molar refractivity (Wildman–Crippen MR) is 71.0 cm³/mol. The first-order valence-corrected chi connectivity index (χ1v) is 5.99. The van der Waals surface area contributed by atoms with Crippen LogP contribution in [0.5, 0.6) is 0 Å². The van der Waals surface area contributed by atoms with Crippen molar-refractivity contribution in [2.45, 2.75) is 19.9 Å². The van der Waals surface area contributed by atoms with E-state index < -0.39 is 23.7 Å². The van der Waals surface area contributed by atoms with Crippen LogP contribution in [-0.4, -0.2) is 28.0 Å². The van der Waals surface area contributed by atoms with E-state index in [-0.39, 0.29) is 5.56 Å². The molecule has 0 unspecified atom stereocenters. The molecule has 0 saturated heterocycles. The highest BCUT2D eigenvalue weighted by atomic mass is 19.1. The summed E-state index contributed by atoms with van der Waals surface area (Å²) in [6.07, 6.45) is 0. The van der Waals surface area contributed by atoms with Crippen molar-refractivity contribution in [1.29, 1.82) is 0 Å². The number of amides is 1. The Morgan fingerprint density at radius 2 is 2.05 bits per heavy atom. The van der Waals surface area contributed by atoms with E-state index in [9.17, 15) is 14.0 Å². The molecule has 1 atom stereocenters. The number of hydrogen-bond acceptors (Lipinski definition) is 3. The van der Waals surface area contributed by atoms with Gasteiger partial charge < -0.3 is 10.4 Å². The summed E-state index contributed by atoms with van der Waals surface area (Å²) in [5.74, 6) is -2.10. The van der Waals surface area contributed by atoms with Gasteiger partial charge in [-0.15, -0.1) is 0 Å². The second kappa shape index (κ2) is 5.24. The summed E-state index contributed by atoms with van der Waals surface area (Å²) in [6, 6.07) is 4.46. The summed E-state index contributed by atoms with van der Waals surface area (Å²) in [7, 11) is 0. The van der Waals surface area contributed by atoms with Gasteiger partial charge in [-0.3, -0.25) is 14.6 Å². The van der Waals surface area contributed by atoms with Crippen molar-refractivity contribution < 1.29 is 19.1 Å². The van der Waals surface area contributed by atoms with Gasteiger partial charge in [0, 0.05) is 17.1 Å². The molecule has 0 saturated carbocycles. The third-order valence-corrected chi connectivity index (χ3v) is 2.86. The number of aliphatic carboxylic acids is 1. The Morgan fingerprint density at radius 1 is 1.35 bits per heavy atom. The lowest BCUT2D eigenvalue weighted by Gasteiger charge is -2.11. The maximum Gasteiger partial charge on any atom is 0.325 e. The van der Waals surface area contributed by atoms with Gasteiger partial charge in [0.1, 0.15) is 11.9 Å². The molecule has 1 heterocycles. The fourth-order valence-electron chi connectivity index (χ4n) is 1.86. The maximum atomic E-state index is 13.2. The molecular formula is C14H13FN2O3. The molecule has 1 aromatic carbocycles. The molecule has 0 bridgehead atoms. The van der Waals surface area contributed by atoms with E-state index in [0.29, 0.717) is 16.6 Å². The number of halogens is 1. The molecule has 1 aromatic heterocycles. The topological polar surface area (TPSA) is 79.3 Å². The molecular weight excluding hydrogens is 263 g/mol. The molecule has 1 amide bonds. The van der Waals surface area contributed by atoms with Crippen LogP contribution in [0.2, 0.25) is 0 Å². The SMILES string of the molecule is Cc1cc(C(=O)N[C@H](C)C(=O)O)c2ccc(F)cc2n1. The zero-order valence-electron chi connectivity index (χ0n) is 11.0. The van der Waals surface area contributed by atoms with Crippen LogP contribution < -0.4 is 5.32 Å². The lowest BCUT2D eigenvalue weighted by molar-refractivity contribution is -0.138. The fraction of sp³-hybridized carbons (Fsp3) is 0.214. The summed E-state index contributed by atoms with van der Waals surface area (Å²) >= 11 is 0. The normalized spacial score (nSPS) is 12.2. The molecule has 0 aliphatic rings. The molecule has 2 aromatic rings. The molecule has 0 radical (unpaired) electrons. The highest BCUT2D eigenvalue weighted by Crippen LogP contribution is 2.19. The van der Waals surface area contributed by atoms with Crippen molar-refractivity contribution in [2.24, 2.45) is 0 Å². The Kier molecular flexibility index (Phi) is 3.65. The van der Waals surface area contributed by atoms with Gasteiger partial charge in [0.2, 0.25) is 0 Å². The number of nitrogens with zero attached hydrogens (tertiary/aromatic N) is 1. The third kappa shape index (κ3) is 2.74. The summed E-state index contributed by atoms with van der Waals surface area (Å²) in [6.45, 7) is 3.05. The zero-order chi connectivity index (χ0) is 14.9. The second-order valence-electron chi connectivity index (χ2n) is 4.51. The van der Waals surface area contributed by atoms with E-state index in [4.69, 9.17) is 5.11 Å². The van der Waals surface area contributed by atoms with Gasteiger partial charge in [0.25, 0.3) is 5.91 Å². The van der Waals surface area contributed by atoms with Crippen molar-refractivity contribution in [3.8, 4) is 0 Å². The van der Waals surface area contributed by atoms with Crippen LogP contribution in [0.25, 0.3) is 10.9 Å². The average Bonchev–Trinajstić information content (AvgIpc) is 2.36. The van der Waals surface area contributed by atoms with Crippen LogP contribution in [0.4, 0.5) is 4.39 Å². The Labute approximate surface area is 114 Å². The smallest absolute Gasteiger partial charge is 0.325 e. The van der Waals surface area contributed by atoms with Crippen molar-refractivity contribution in [3.63, 3.8) is 0 Å². The Morgan fingerprint density at radius 3 is 2.70 bits per heavy atom. The van der Waals surface area contributed by atoms with E-state index in [1.807, 2.05) is 0 Å². The molecule has 5 nitrogen and oxygen atoms in total. The Bertz CT molecular complexity index is 695. The number of carboxylic acid groups (broad SMARTS) is 1. The van der Waals surface area contributed by atoms with Gasteiger partial charge in [-0.05, 0) is 32.0 Å². The minimum absolute atomic E-state index is 0.278. The Balaban J connectivity index is 2.48. The fourth-order valence-corrected chi connectivity index (χ4v) is 1.86. The first-order valence-electron chi connectivity index (χ1n) is 5.99. The van der Waals surface area contributed by atoms with Gasteiger partial charge in [0.05, 0.1) is 11.1 Å². The van der Waals surface area contributed by atoms with Gasteiger partial charge in [-0.2, -0.15) is 0 Å². The zero-order valence-corrected chi connectivity index (χ0v) is 11.0. The summed E-state index contributed by atoms with van der Waals surface area (Å²) in [4.78, 5) is 27.0. The highest BCUT2D eigenvalue weighted by molar-refractivity contribution is 6.07. The summed E-state index contributed by atoms with van der Waals surface area (Å²) in [5.41, 5.74) is 1.19. The molecule has 0 aliphatic carbocycles. The van der Waals surface area contributed by atoms with E-state index in [2.05, 4.69) is 10.3 Å². The molecule has 2 N–H and O–H groups in total. The standard InChI is InChI=1S/C14H13FN2O3/c1-7-5-11(13(18)17-8(2)14(19)20)10-4-3-9(15)6-12(10)16-7/h3-6,8H,1-2H3,(H,17,18)(H,19,20)/t8-/m1/s1. The number of carbonyl (C=O) groups excluding carboxylic acids is 1. The largest absolute Gasteiger partial charge is 0.480 e. The lowest BCUT2D eigenvalue weighted by Crippen LogP contribution is -2.38. The number of benzene rings is 1. The van der Waals surface area contributed by atoms with E-state index in [0.717, 1.165) is 0 Å². The van der Waals surface area contributed by atoms with Crippen LogP contribution in [0.15, 0.2) is 24.3 Å². The number of nitrogens with one attached hydrogen (secondary N) is 1. The number of carboxylic acids is 1. The van der Waals surface area contributed by atoms with Crippen LogP contribution in [0.3, 0.4) is 0 Å². The molecule has 0 aliphatic heterocycles. The van der Waals surface area contributed by atoms with E-state index >= 15 is 0 Å². The lowest BCUT2D eigenvalue weighted by atomic mass is 10.1. The van der Waals surface area contributed by atoms with Gasteiger partial charge in [-0.25, -0.2) is 4.39 Å². The van der Waals surface area contributed by atoms with Crippen molar-refractivity contribution in [2.75, 3.05) is 0 Å². The molecule has 20 heavy (non-hydrogen) atoms. The van der Waals surface area contributed by atoms with Crippen molar-refractivity contribution in [1.82, 2.24) is 10.3 Å². The number of aryl methyl sites for hydroxylation is 1. The third-order valence-electron chi connectivity index (χ3n) is 2.86. The van der Waals surface area contributed by atoms with Crippen LogP contribution in [0.1, 0.15) is 23.0 Å². The highest BCUT2D eigenvalue weighted by Gasteiger charge is 2.18. The average molecular weight is 276 g/mol. The van der Waals surface area contributed by atoms with E-state index in [1.165, 1.54) is 25.1 Å². The second-order valence-corrected chi connectivity index (χ2v) is 4.51.